The molecule has 0 aliphatic heterocycles. The van der Waals surface area contributed by atoms with Crippen molar-refractivity contribution in [2.24, 2.45) is 11.8 Å². The Labute approximate surface area is 198 Å². The molecule has 2 saturated carbocycles. The molecule has 34 heavy (non-hydrogen) atoms. The molecule has 178 valence electrons. The number of hydrogen-bond donors (Lipinski definition) is 3. The SMILES string of the molecule is O=C(CC1(NC(=O)OCC2c3ccccc3-c3ccccc32)CC1)NCC1CCCC1C(=O)O. The molecule has 0 spiro atoms. The highest BCUT2D eigenvalue weighted by molar-refractivity contribution is 5.80. The molecule has 3 aliphatic carbocycles. The highest BCUT2D eigenvalue weighted by atomic mass is 16.5. The monoisotopic (exact) mass is 462 g/mol. The number of carboxylic acids is 1. The normalized spacial score (nSPS) is 21.9. The Kier molecular flexibility index (Phi) is 6.02. The third-order valence-corrected chi connectivity index (χ3v) is 7.60. The van der Waals surface area contributed by atoms with Crippen LogP contribution in [0.3, 0.4) is 0 Å². The molecule has 0 aromatic heterocycles. The van der Waals surface area contributed by atoms with Crippen molar-refractivity contribution < 1.29 is 24.2 Å². The van der Waals surface area contributed by atoms with Gasteiger partial charge in [0.15, 0.2) is 0 Å². The van der Waals surface area contributed by atoms with Crippen LogP contribution >= 0.6 is 0 Å². The number of nitrogens with one attached hydrogen (secondary N) is 2. The molecule has 2 unspecified atom stereocenters. The topological polar surface area (TPSA) is 105 Å². The number of aliphatic carboxylic acids is 1. The summed E-state index contributed by atoms with van der Waals surface area (Å²) in [6.45, 7) is 0.608. The summed E-state index contributed by atoms with van der Waals surface area (Å²) in [6, 6.07) is 16.4. The summed E-state index contributed by atoms with van der Waals surface area (Å²) in [4.78, 5) is 36.5. The lowest BCUT2D eigenvalue weighted by atomic mass is 9.96. The van der Waals surface area contributed by atoms with Gasteiger partial charge in [0.1, 0.15) is 6.61 Å². The van der Waals surface area contributed by atoms with Crippen molar-refractivity contribution in [3.63, 3.8) is 0 Å². The number of benzene rings is 2. The standard InChI is InChI=1S/C27H30N2O5/c30-24(28-15-17-6-5-11-18(17)25(31)32)14-27(12-13-27)29-26(33)34-16-23-21-9-3-1-7-19(21)20-8-2-4-10-22(20)23/h1-4,7-10,17-18,23H,5-6,11-16H2,(H,28,30)(H,29,33)(H,31,32). The average Bonchev–Trinajstić information content (AvgIpc) is 3.28. The van der Waals surface area contributed by atoms with Crippen molar-refractivity contribution in [3.05, 3.63) is 59.7 Å². The van der Waals surface area contributed by atoms with Gasteiger partial charge in [-0.25, -0.2) is 4.79 Å². The first kappa shape index (κ1) is 22.4. The van der Waals surface area contributed by atoms with Crippen molar-refractivity contribution in [1.29, 1.82) is 0 Å². The number of fused-ring (bicyclic) bond motifs is 3. The molecule has 0 bridgehead atoms. The summed E-state index contributed by atoms with van der Waals surface area (Å²) >= 11 is 0. The maximum absolute atomic E-state index is 12.6. The van der Waals surface area contributed by atoms with E-state index in [4.69, 9.17) is 4.74 Å². The second kappa shape index (κ2) is 9.12. The molecule has 2 amide bonds. The van der Waals surface area contributed by atoms with Crippen LogP contribution in [-0.4, -0.2) is 41.8 Å². The summed E-state index contributed by atoms with van der Waals surface area (Å²) in [5.41, 5.74) is 4.10. The summed E-state index contributed by atoms with van der Waals surface area (Å²) in [5.74, 6) is -1.36. The van der Waals surface area contributed by atoms with Crippen molar-refractivity contribution in [3.8, 4) is 11.1 Å². The molecular formula is C27H30N2O5. The van der Waals surface area contributed by atoms with Crippen LogP contribution in [-0.2, 0) is 14.3 Å². The maximum Gasteiger partial charge on any atom is 0.407 e. The van der Waals surface area contributed by atoms with E-state index in [1.807, 2.05) is 24.3 Å². The zero-order valence-corrected chi connectivity index (χ0v) is 19.1. The first-order valence-corrected chi connectivity index (χ1v) is 12.1. The molecule has 7 heteroatoms. The third-order valence-electron chi connectivity index (χ3n) is 7.60. The number of amides is 2. The first-order chi connectivity index (χ1) is 16.5. The number of hydrogen-bond acceptors (Lipinski definition) is 4. The van der Waals surface area contributed by atoms with Crippen molar-refractivity contribution in [1.82, 2.24) is 10.6 Å². The Morgan fingerprint density at radius 2 is 1.62 bits per heavy atom. The molecule has 5 rings (SSSR count). The van der Waals surface area contributed by atoms with Gasteiger partial charge in [-0.3, -0.25) is 9.59 Å². The number of alkyl carbamates (subject to hydrolysis) is 1. The van der Waals surface area contributed by atoms with E-state index >= 15 is 0 Å². The van der Waals surface area contributed by atoms with Crippen LogP contribution in [0.1, 0.15) is 55.6 Å². The van der Waals surface area contributed by atoms with Gasteiger partial charge >= 0.3 is 12.1 Å². The van der Waals surface area contributed by atoms with Crippen LogP contribution in [0.15, 0.2) is 48.5 Å². The summed E-state index contributed by atoms with van der Waals surface area (Å²) in [6.07, 6.45) is 3.50. The van der Waals surface area contributed by atoms with Crippen molar-refractivity contribution >= 4 is 18.0 Å². The van der Waals surface area contributed by atoms with Crippen LogP contribution in [0, 0.1) is 11.8 Å². The minimum Gasteiger partial charge on any atom is -0.481 e. The van der Waals surface area contributed by atoms with Gasteiger partial charge in [-0.15, -0.1) is 0 Å². The average molecular weight is 463 g/mol. The van der Waals surface area contributed by atoms with Gasteiger partial charge in [0.2, 0.25) is 5.91 Å². The molecule has 2 fully saturated rings. The highest BCUT2D eigenvalue weighted by Gasteiger charge is 2.46. The fourth-order valence-corrected chi connectivity index (χ4v) is 5.57. The fraction of sp³-hybridized carbons (Fsp3) is 0.444. The van der Waals surface area contributed by atoms with E-state index in [1.165, 1.54) is 11.1 Å². The minimum absolute atomic E-state index is 0.00908. The Morgan fingerprint density at radius 1 is 0.971 bits per heavy atom. The maximum atomic E-state index is 12.6. The lowest BCUT2D eigenvalue weighted by molar-refractivity contribution is -0.143. The summed E-state index contributed by atoms with van der Waals surface area (Å²) in [5, 5.41) is 15.1. The van der Waals surface area contributed by atoms with Gasteiger partial charge < -0.3 is 20.5 Å². The minimum atomic E-state index is -0.785. The van der Waals surface area contributed by atoms with E-state index in [1.54, 1.807) is 0 Å². The second-order valence-corrected chi connectivity index (χ2v) is 9.85. The van der Waals surface area contributed by atoms with E-state index in [0.29, 0.717) is 13.0 Å². The molecule has 3 N–H and O–H groups in total. The molecule has 0 heterocycles. The summed E-state index contributed by atoms with van der Waals surface area (Å²) in [7, 11) is 0. The van der Waals surface area contributed by atoms with Gasteiger partial charge in [0, 0.05) is 18.9 Å². The number of carboxylic acid groups (broad SMARTS) is 1. The Morgan fingerprint density at radius 3 is 2.24 bits per heavy atom. The zero-order chi connectivity index (χ0) is 23.7. The van der Waals surface area contributed by atoms with E-state index in [2.05, 4.69) is 34.9 Å². The van der Waals surface area contributed by atoms with Crippen LogP contribution in [0.4, 0.5) is 4.79 Å². The Bertz CT molecular complexity index is 1060. The fourth-order valence-electron chi connectivity index (χ4n) is 5.57. The van der Waals surface area contributed by atoms with Gasteiger partial charge in [-0.05, 0) is 53.9 Å². The number of carbonyl (C=O) groups is 3. The second-order valence-electron chi connectivity index (χ2n) is 9.85. The van der Waals surface area contributed by atoms with Gasteiger partial charge in [0.25, 0.3) is 0 Å². The van der Waals surface area contributed by atoms with Crippen LogP contribution in [0.25, 0.3) is 11.1 Å². The highest BCUT2D eigenvalue weighted by Crippen LogP contribution is 2.44. The van der Waals surface area contributed by atoms with E-state index < -0.39 is 17.6 Å². The lowest BCUT2D eigenvalue weighted by Crippen LogP contribution is -2.42. The van der Waals surface area contributed by atoms with E-state index in [9.17, 15) is 19.5 Å². The molecule has 7 nitrogen and oxygen atoms in total. The predicted octanol–water partition coefficient (Wildman–Crippen LogP) is 4.06. The molecular weight excluding hydrogens is 432 g/mol. The number of ether oxygens (including phenoxy) is 1. The lowest BCUT2D eigenvalue weighted by Gasteiger charge is -2.20. The molecule has 2 aromatic rings. The van der Waals surface area contributed by atoms with E-state index in [-0.39, 0.29) is 36.7 Å². The van der Waals surface area contributed by atoms with Gasteiger partial charge in [-0.1, -0.05) is 55.0 Å². The third kappa shape index (κ3) is 4.52. The molecule has 3 aliphatic rings. The van der Waals surface area contributed by atoms with Crippen molar-refractivity contribution in [2.45, 2.75) is 50.0 Å². The van der Waals surface area contributed by atoms with Crippen molar-refractivity contribution in [2.75, 3.05) is 13.2 Å². The van der Waals surface area contributed by atoms with Gasteiger partial charge in [0.05, 0.1) is 11.5 Å². The first-order valence-electron chi connectivity index (χ1n) is 12.1. The van der Waals surface area contributed by atoms with Crippen LogP contribution < -0.4 is 10.6 Å². The smallest absolute Gasteiger partial charge is 0.407 e. The summed E-state index contributed by atoms with van der Waals surface area (Å²) < 4.78 is 5.63. The number of rotatable bonds is 8. The Hall–Kier alpha value is -3.35. The molecule has 2 atom stereocenters. The van der Waals surface area contributed by atoms with E-state index in [0.717, 1.165) is 36.8 Å². The largest absolute Gasteiger partial charge is 0.481 e. The predicted molar refractivity (Wildman–Crippen MR) is 126 cm³/mol. The molecule has 0 radical (unpaired) electrons. The molecule has 0 saturated heterocycles. The quantitative estimate of drug-likeness (QED) is 0.549. The zero-order valence-electron chi connectivity index (χ0n) is 19.1. The molecule has 2 aromatic carbocycles. The Balaban J connectivity index is 1.13. The number of carbonyl (C=O) groups excluding carboxylic acids is 2. The van der Waals surface area contributed by atoms with Gasteiger partial charge in [-0.2, -0.15) is 0 Å². The van der Waals surface area contributed by atoms with Crippen LogP contribution in [0.2, 0.25) is 0 Å². The van der Waals surface area contributed by atoms with Crippen LogP contribution in [0.5, 0.6) is 0 Å².